The monoisotopic (exact) mass is 170 g/mol. The number of carbonyl (C=O) groups excluding carboxylic acids is 1. The quantitative estimate of drug-likeness (QED) is 0.589. The van der Waals surface area contributed by atoms with Crippen molar-refractivity contribution in [1.29, 1.82) is 0 Å². The number of hydrogen-bond acceptors (Lipinski definition) is 1. The molecule has 0 atom stereocenters. The lowest BCUT2D eigenvalue weighted by molar-refractivity contribution is 0.184. The van der Waals surface area contributed by atoms with Crippen LogP contribution in [-0.2, 0) is 0 Å². The summed E-state index contributed by atoms with van der Waals surface area (Å²) in [5.41, 5.74) is 5.49. The number of rotatable bonds is 0. The maximum absolute atomic E-state index is 10.9. The maximum Gasteiger partial charge on any atom is 0.314 e. The summed E-state index contributed by atoms with van der Waals surface area (Å²) in [5.74, 6) is 0. The van der Waals surface area contributed by atoms with Gasteiger partial charge in [-0.15, -0.1) is 0 Å². The molecule has 1 saturated heterocycles. The van der Waals surface area contributed by atoms with Crippen LogP contribution >= 0.6 is 0 Å². The average molecular weight is 170 g/mol. The van der Waals surface area contributed by atoms with E-state index in [4.69, 9.17) is 5.73 Å². The number of nitrogens with two attached hydrogens (primary N) is 1. The van der Waals surface area contributed by atoms with Crippen LogP contribution in [0, 0.1) is 5.41 Å². The molecular weight excluding hydrogens is 152 g/mol. The third-order valence-electron chi connectivity index (χ3n) is 2.46. The molecule has 3 heteroatoms. The molecule has 0 aromatic carbocycles. The Hall–Kier alpha value is -0.730. The van der Waals surface area contributed by atoms with Gasteiger partial charge in [0.25, 0.3) is 0 Å². The fourth-order valence-electron chi connectivity index (χ4n) is 1.77. The molecule has 1 heterocycles. The summed E-state index contributed by atoms with van der Waals surface area (Å²) in [6, 6.07) is -0.273. The van der Waals surface area contributed by atoms with Crippen molar-refractivity contribution in [2.45, 2.75) is 33.1 Å². The molecule has 0 bridgehead atoms. The third-order valence-corrected chi connectivity index (χ3v) is 2.46. The highest BCUT2D eigenvalue weighted by molar-refractivity contribution is 5.72. The van der Waals surface area contributed by atoms with Gasteiger partial charge in [0.1, 0.15) is 0 Å². The number of primary amides is 1. The zero-order chi connectivity index (χ0) is 9.19. The van der Waals surface area contributed by atoms with Crippen LogP contribution in [0.15, 0.2) is 0 Å². The van der Waals surface area contributed by atoms with Crippen LogP contribution in [0.1, 0.15) is 33.1 Å². The second-order valence-electron chi connectivity index (χ2n) is 4.38. The number of hydrogen-bond donors (Lipinski definition) is 1. The van der Waals surface area contributed by atoms with Crippen LogP contribution in [0.3, 0.4) is 0 Å². The van der Waals surface area contributed by atoms with Crippen LogP contribution in [0.4, 0.5) is 4.79 Å². The van der Waals surface area contributed by atoms with Gasteiger partial charge in [-0.2, -0.15) is 0 Å². The van der Waals surface area contributed by atoms with Gasteiger partial charge in [-0.3, -0.25) is 0 Å². The van der Waals surface area contributed by atoms with E-state index in [2.05, 4.69) is 13.8 Å². The minimum absolute atomic E-state index is 0.242. The van der Waals surface area contributed by atoms with Crippen molar-refractivity contribution in [3.05, 3.63) is 0 Å². The highest BCUT2D eigenvalue weighted by atomic mass is 16.2. The minimum Gasteiger partial charge on any atom is -0.351 e. The first-order chi connectivity index (χ1) is 5.51. The minimum atomic E-state index is -0.273. The summed E-state index contributed by atoms with van der Waals surface area (Å²) in [5, 5.41) is 0. The zero-order valence-electron chi connectivity index (χ0n) is 7.97. The van der Waals surface area contributed by atoms with Crippen molar-refractivity contribution < 1.29 is 4.79 Å². The van der Waals surface area contributed by atoms with Crippen molar-refractivity contribution in [2.75, 3.05) is 13.1 Å². The Morgan fingerprint density at radius 3 is 2.67 bits per heavy atom. The first kappa shape index (κ1) is 9.36. The average Bonchev–Trinajstić information content (AvgIpc) is 2.10. The molecule has 12 heavy (non-hydrogen) atoms. The van der Waals surface area contributed by atoms with E-state index in [1.54, 1.807) is 4.90 Å². The van der Waals surface area contributed by atoms with Crippen molar-refractivity contribution in [3.8, 4) is 0 Å². The molecule has 2 amide bonds. The Morgan fingerprint density at radius 2 is 2.08 bits per heavy atom. The van der Waals surface area contributed by atoms with Crippen molar-refractivity contribution in [1.82, 2.24) is 4.90 Å². The van der Waals surface area contributed by atoms with E-state index >= 15 is 0 Å². The van der Waals surface area contributed by atoms with Gasteiger partial charge in [-0.1, -0.05) is 20.3 Å². The fraction of sp³-hybridized carbons (Fsp3) is 0.889. The van der Waals surface area contributed by atoms with Crippen LogP contribution < -0.4 is 5.73 Å². The Morgan fingerprint density at radius 1 is 1.42 bits per heavy atom. The van der Waals surface area contributed by atoms with Crippen molar-refractivity contribution >= 4 is 6.03 Å². The standard InChI is InChI=1S/C9H18N2O/c1-9(2)5-3-4-6-11(7-9)8(10)12/h3-7H2,1-2H3,(H2,10,12). The van der Waals surface area contributed by atoms with Crippen molar-refractivity contribution in [3.63, 3.8) is 0 Å². The highest BCUT2D eigenvalue weighted by Gasteiger charge is 2.25. The topological polar surface area (TPSA) is 46.3 Å². The molecule has 0 unspecified atom stereocenters. The van der Waals surface area contributed by atoms with Gasteiger partial charge < -0.3 is 10.6 Å². The summed E-state index contributed by atoms with van der Waals surface area (Å²) >= 11 is 0. The van der Waals surface area contributed by atoms with Gasteiger partial charge in [-0.05, 0) is 18.3 Å². The SMILES string of the molecule is CC1(C)CCCCN(C(N)=O)C1. The van der Waals surface area contributed by atoms with Gasteiger partial charge in [0.05, 0.1) is 0 Å². The smallest absolute Gasteiger partial charge is 0.314 e. The summed E-state index contributed by atoms with van der Waals surface area (Å²) in [6.45, 7) is 6.02. The lowest BCUT2D eigenvalue weighted by Crippen LogP contribution is -2.40. The normalized spacial score (nSPS) is 23.3. The van der Waals surface area contributed by atoms with Gasteiger partial charge in [-0.25, -0.2) is 4.79 Å². The van der Waals surface area contributed by atoms with Crippen LogP contribution in [0.2, 0.25) is 0 Å². The van der Waals surface area contributed by atoms with E-state index in [0.29, 0.717) is 0 Å². The molecule has 0 aliphatic carbocycles. The molecule has 70 valence electrons. The predicted octanol–water partition coefficient (Wildman–Crippen LogP) is 1.58. The molecule has 1 fully saturated rings. The van der Waals surface area contributed by atoms with E-state index < -0.39 is 0 Å². The van der Waals surface area contributed by atoms with E-state index in [0.717, 1.165) is 19.5 Å². The first-order valence-electron chi connectivity index (χ1n) is 4.56. The third kappa shape index (κ3) is 2.40. The summed E-state index contributed by atoms with van der Waals surface area (Å²) in [6.07, 6.45) is 3.49. The molecule has 1 aliphatic rings. The Labute approximate surface area is 73.9 Å². The van der Waals surface area contributed by atoms with E-state index in [1.807, 2.05) is 0 Å². The molecule has 0 saturated carbocycles. The van der Waals surface area contributed by atoms with Crippen LogP contribution in [-0.4, -0.2) is 24.0 Å². The molecule has 0 aromatic heterocycles. The lowest BCUT2D eigenvalue weighted by atomic mass is 9.88. The largest absolute Gasteiger partial charge is 0.351 e. The van der Waals surface area contributed by atoms with E-state index in [9.17, 15) is 4.79 Å². The molecule has 3 nitrogen and oxygen atoms in total. The Bertz CT molecular complexity index is 177. The number of nitrogens with zero attached hydrogens (tertiary/aromatic N) is 1. The number of carbonyl (C=O) groups is 1. The van der Waals surface area contributed by atoms with E-state index in [-0.39, 0.29) is 11.4 Å². The van der Waals surface area contributed by atoms with Crippen LogP contribution in [0.5, 0.6) is 0 Å². The fourth-order valence-corrected chi connectivity index (χ4v) is 1.77. The first-order valence-corrected chi connectivity index (χ1v) is 4.56. The van der Waals surface area contributed by atoms with Gasteiger partial charge in [0, 0.05) is 13.1 Å². The van der Waals surface area contributed by atoms with Gasteiger partial charge in [0.2, 0.25) is 0 Å². The Balaban J connectivity index is 2.60. The molecule has 1 rings (SSSR count). The molecule has 2 N–H and O–H groups in total. The van der Waals surface area contributed by atoms with Gasteiger partial charge >= 0.3 is 6.03 Å². The molecule has 0 radical (unpaired) electrons. The number of urea groups is 1. The predicted molar refractivity (Wildman–Crippen MR) is 48.8 cm³/mol. The second kappa shape index (κ2) is 3.33. The zero-order valence-corrected chi connectivity index (χ0v) is 7.97. The summed E-state index contributed by atoms with van der Waals surface area (Å²) < 4.78 is 0. The summed E-state index contributed by atoms with van der Waals surface area (Å²) in [7, 11) is 0. The Kier molecular flexibility index (Phi) is 2.60. The maximum atomic E-state index is 10.9. The van der Waals surface area contributed by atoms with Crippen LogP contribution in [0.25, 0.3) is 0 Å². The molecule has 1 aliphatic heterocycles. The van der Waals surface area contributed by atoms with E-state index in [1.165, 1.54) is 12.8 Å². The molecular formula is C9H18N2O. The summed E-state index contributed by atoms with van der Waals surface area (Å²) in [4.78, 5) is 12.7. The molecule has 0 aromatic rings. The highest BCUT2D eigenvalue weighted by Crippen LogP contribution is 2.27. The molecule has 0 spiro atoms. The number of likely N-dealkylation sites (tertiary alicyclic amines) is 1. The number of amides is 2. The second-order valence-corrected chi connectivity index (χ2v) is 4.38. The lowest BCUT2D eigenvalue weighted by Gasteiger charge is -2.28. The van der Waals surface area contributed by atoms with Gasteiger partial charge in [0.15, 0.2) is 0 Å². The van der Waals surface area contributed by atoms with Crippen molar-refractivity contribution in [2.24, 2.45) is 11.1 Å².